The van der Waals surface area contributed by atoms with Gasteiger partial charge in [0.25, 0.3) is 0 Å². The van der Waals surface area contributed by atoms with Crippen molar-refractivity contribution in [2.75, 3.05) is 0 Å². The van der Waals surface area contributed by atoms with E-state index < -0.39 is 11.7 Å². The molecule has 0 aromatic heterocycles. The summed E-state index contributed by atoms with van der Waals surface area (Å²) in [5, 5.41) is 3.27. The molecule has 0 aliphatic rings. The predicted molar refractivity (Wildman–Crippen MR) is 71.8 cm³/mol. The first-order chi connectivity index (χ1) is 8.79. The number of benzene rings is 1. The summed E-state index contributed by atoms with van der Waals surface area (Å²) in [4.78, 5) is 0. The Morgan fingerprint density at radius 3 is 2.37 bits per heavy atom. The summed E-state index contributed by atoms with van der Waals surface area (Å²) in [6, 6.07) is 5.81. The zero-order chi connectivity index (χ0) is 14.5. The van der Waals surface area contributed by atoms with Crippen LogP contribution in [-0.2, 0) is 12.7 Å². The van der Waals surface area contributed by atoms with E-state index in [1.54, 1.807) is 6.07 Å². The number of alkyl halides is 3. The molecule has 0 aliphatic heterocycles. The van der Waals surface area contributed by atoms with Crippen molar-refractivity contribution in [3.8, 4) is 0 Å². The lowest BCUT2D eigenvalue weighted by Crippen LogP contribution is -2.25. The summed E-state index contributed by atoms with van der Waals surface area (Å²) in [6.45, 7) is 6.87. The molecule has 0 aliphatic carbocycles. The van der Waals surface area contributed by atoms with Crippen LogP contribution in [-0.4, -0.2) is 6.04 Å². The summed E-state index contributed by atoms with van der Waals surface area (Å²) in [5.74, 6) is 0.651. The third-order valence-corrected chi connectivity index (χ3v) is 3.09. The third kappa shape index (κ3) is 6.10. The van der Waals surface area contributed by atoms with Gasteiger partial charge in [0.15, 0.2) is 0 Å². The maximum atomic E-state index is 12.6. The van der Waals surface area contributed by atoms with Gasteiger partial charge in [-0.05, 0) is 37.3 Å². The molecule has 1 unspecified atom stereocenters. The molecule has 0 radical (unpaired) electrons. The molecule has 1 N–H and O–H groups in total. The smallest absolute Gasteiger partial charge is 0.310 e. The number of hydrogen-bond acceptors (Lipinski definition) is 1. The van der Waals surface area contributed by atoms with Crippen molar-refractivity contribution in [2.24, 2.45) is 5.92 Å². The number of nitrogens with one attached hydrogen (secondary N) is 1. The minimum Gasteiger partial charge on any atom is -0.310 e. The Labute approximate surface area is 113 Å². The topological polar surface area (TPSA) is 12.0 Å². The number of rotatable bonds is 6. The Bertz CT molecular complexity index is 385. The number of hydrogen-bond donors (Lipinski definition) is 1. The van der Waals surface area contributed by atoms with Gasteiger partial charge in [0.1, 0.15) is 0 Å². The van der Waals surface area contributed by atoms with Crippen LogP contribution >= 0.6 is 0 Å². The molecule has 108 valence electrons. The van der Waals surface area contributed by atoms with Crippen molar-refractivity contribution in [2.45, 2.75) is 52.4 Å². The summed E-state index contributed by atoms with van der Waals surface area (Å²) in [5.41, 5.74) is 0.0906. The highest BCUT2D eigenvalue weighted by molar-refractivity contribution is 5.25. The molecule has 0 saturated carbocycles. The highest BCUT2D eigenvalue weighted by Gasteiger charge is 2.30. The van der Waals surface area contributed by atoms with E-state index in [-0.39, 0.29) is 0 Å². The summed E-state index contributed by atoms with van der Waals surface area (Å²) in [7, 11) is 0. The highest BCUT2D eigenvalue weighted by Crippen LogP contribution is 2.29. The SMILES string of the molecule is CC(C)CCC(C)NCc1cccc(C(F)(F)F)c1. The molecule has 1 aromatic rings. The van der Waals surface area contributed by atoms with Gasteiger partial charge in [-0.3, -0.25) is 0 Å². The first-order valence-corrected chi connectivity index (χ1v) is 6.68. The molecule has 1 rings (SSSR count). The van der Waals surface area contributed by atoms with Gasteiger partial charge in [-0.15, -0.1) is 0 Å². The molecule has 0 heterocycles. The van der Waals surface area contributed by atoms with Crippen LogP contribution in [0.4, 0.5) is 13.2 Å². The fraction of sp³-hybridized carbons (Fsp3) is 0.600. The molecule has 19 heavy (non-hydrogen) atoms. The lowest BCUT2D eigenvalue weighted by molar-refractivity contribution is -0.137. The highest BCUT2D eigenvalue weighted by atomic mass is 19.4. The first kappa shape index (κ1) is 16.0. The average molecular weight is 273 g/mol. The van der Waals surface area contributed by atoms with Crippen LogP contribution in [0.3, 0.4) is 0 Å². The molecule has 0 saturated heterocycles. The van der Waals surface area contributed by atoms with Crippen molar-refractivity contribution in [3.05, 3.63) is 35.4 Å². The van der Waals surface area contributed by atoms with Crippen LogP contribution in [0, 0.1) is 5.92 Å². The van der Waals surface area contributed by atoms with Crippen LogP contribution in [0.2, 0.25) is 0 Å². The van der Waals surface area contributed by atoms with Crippen molar-refractivity contribution >= 4 is 0 Å². The normalized spacial score (nSPS) is 13.8. The second kappa shape index (κ2) is 6.94. The fourth-order valence-electron chi connectivity index (χ4n) is 1.84. The Morgan fingerprint density at radius 1 is 1.11 bits per heavy atom. The average Bonchev–Trinajstić information content (AvgIpc) is 2.33. The zero-order valence-corrected chi connectivity index (χ0v) is 11.7. The molecule has 1 aromatic carbocycles. The predicted octanol–water partition coefficient (Wildman–Crippen LogP) is 4.62. The fourth-order valence-corrected chi connectivity index (χ4v) is 1.84. The van der Waals surface area contributed by atoms with Gasteiger partial charge in [-0.25, -0.2) is 0 Å². The van der Waals surface area contributed by atoms with E-state index >= 15 is 0 Å². The molecule has 0 fully saturated rings. The van der Waals surface area contributed by atoms with Gasteiger partial charge >= 0.3 is 6.18 Å². The zero-order valence-electron chi connectivity index (χ0n) is 11.7. The second-order valence-electron chi connectivity index (χ2n) is 5.45. The second-order valence-corrected chi connectivity index (χ2v) is 5.45. The van der Waals surface area contributed by atoms with E-state index in [0.717, 1.165) is 18.9 Å². The lowest BCUT2D eigenvalue weighted by atomic mass is 10.0. The Kier molecular flexibility index (Phi) is 5.85. The Hall–Kier alpha value is -1.03. The largest absolute Gasteiger partial charge is 0.416 e. The van der Waals surface area contributed by atoms with E-state index in [0.29, 0.717) is 24.1 Å². The van der Waals surface area contributed by atoms with E-state index in [1.807, 2.05) is 0 Å². The summed E-state index contributed by atoms with van der Waals surface area (Å²) >= 11 is 0. The maximum Gasteiger partial charge on any atom is 0.416 e. The van der Waals surface area contributed by atoms with E-state index in [2.05, 4.69) is 26.1 Å². The molecule has 1 atom stereocenters. The van der Waals surface area contributed by atoms with Crippen molar-refractivity contribution in [1.82, 2.24) is 5.32 Å². The van der Waals surface area contributed by atoms with Crippen LogP contribution in [0.25, 0.3) is 0 Å². The molecular weight excluding hydrogens is 251 g/mol. The Morgan fingerprint density at radius 2 is 1.79 bits per heavy atom. The lowest BCUT2D eigenvalue weighted by Gasteiger charge is -2.15. The van der Waals surface area contributed by atoms with Crippen LogP contribution < -0.4 is 5.32 Å². The van der Waals surface area contributed by atoms with Gasteiger partial charge in [-0.1, -0.05) is 32.0 Å². The third-order valence-electron chi connectivity index (χ3n) is 3.09. The molecule has 1 nitrogen and oxygen atoms in total. The molecule has 0 amide bonds. The van der Waals surface area contributed by atoms with Crippen LogP contribution in [0.5, 0.6) is 0 Å². The van der Waals surface area contributed by atoms with Gasteiger partial charge in [0, 0.05) is 12.6 Å². The van der Waals surface area contributed by atoms with Crippen molar-refractivity contribution in [1.29, 1.82) is 0 Å². The molecular formula is C15H22F3N. The van der Waals surface area contributed by atoms with Gasteiger partial charge in [-0.2, -0.15) is 13.2 Å². The van der Waals surface area contributed by atoms with E-state index in [4.69, 9.17) is 0 Å². The number of halogens is 3. The van der Waals surface area contributed by atoms with Gasteiger partial charge in [0.05, 0.1) is 5.56 Å². The molecule has 0 bridgehead atoms. The quantitative estimate of drug-likeness (QED) is 0.797. The minimum atomic E-state index is -4.26. The van der Waals surface area contributed by atoms with E-state index in [1.165, 1.54) is 12.1 Å². The van der Waals surface area contributed by atoms with Gasteiger partial charge in [0.2, 0.25) is 0 Å². The summed E-state index contributed by atoms with van der Waals surface area (Å²) < 4.78 is 37.7. The van der Waals surface area contributed by atoms with Crippen molar-refractivity contribution in [3.63, 3.8) is 0 Å². The monoisotopic (exact) mass is 273 g/mol. The molecule has 0 spiro atoms. The minimum absolute atomic E-state index is 0.317. The standard InChI is InChI=1S/C15H22F3N/c1-11(2)7-8-12(3)19-10-13-5-4-6-14(9-13)15(16,17)18/h4-6,9,11-12,19H,7-8,10H2,1-3H3. The van der Waals surface area contributed by atoms with Crippen molar-refractivity contribution < 1.29 is 13.2 Å². The van der Waals surface area contributed by atoms with Crippen LogP contribution in [0.1, 0.15) is 44.7 Å². The van der Waals surface area contributed by atoms with Gasteiger partial charge < -0.3 is 5.32 Å². The molecule has 4 heteroatoms. The maximum absolute atomic E-state index is 12.6. The van der Waals surface area contributed by atoms with Crippen LogP contribution in [0.15, 0.2) is 24.3 Å². The summed E-state index contributed by atoms with van der Waals surface area (Å²) in [6.07, 6.45) is -2.10. The first-order valence-electron chi connectivity index (χ1n) is 6.68. The Balaban J connectivity index is 2.49. The van der Waals surface area contributed by atoms with E-state index in [9.17, 15) is 13.2 Å².